The molecule has 0 aliphatic rings. The molecule has 0 atom stereocenters. The van der Waals surface area contributed by atoms with Crippen LogP contribution in [0.25, 0.3) is 0 Å². The number of oxime groups is 1. The highest BCUT2D eigenvalue weighted by atomic mass is 32.2. The molecule has 0 aromatic heterocycles. The van der Waals surface area contributed by atoms with Crippen LogP contribution in [0.1, 0.15) is 11.1 Å². The Morgan fingerprint density at radius 3 is 2.28 bits per heavy atom. The van der Waals surface area contributed by atoms with Crippen molar-refractivity contribution in [1.82, 2.24) is 0 Å². The lowest BCUT2D eigenvalue weighted by Crippen LogP contribution is -2.06. The van der Waals surface area contributed by atoms with Crippen molar-refractivity contribution in [3.8, 4) is 6.07 Å². The van der Waals surface area contributed by atoms with Gasteiger partial charge in [-0.15, -0.1) is 23.5 Å². The second kappa shape index (κ2) is 8.43. The first kappa shape index (κ1) is 19.4. The summed E-state index contributed by atoms with van der Waals surface area (Å²) < 4.78 is 29.1. The minimum Gasteiger partial charge on any atom is -0.263 e. The Labute approximate surface area is 156 Å². The molecule has 5 nitrogen and oxygen atoms in total. The van der Waals surface area contributed by atoms with Gasteiger partial charge < -0.3 is 0 Å². The molecule has 25 heavy (non-hydrogen) atoms. The van der Waals surface area contributed by atoms with E-state index < -0.39 is 10.1 Å². The zero-order valence-electron chi connectivity index (χ0n) is 13.9. The van der Waals surface area contributed by atoms with E-state index in [1.54, 1.807) is 36.0 Å². The minimum absolute atomic E-state index is 0.0123. The van der Waals surface area contributed by atoms with Gasteiger partial charge in [0.25, 0.3) is 0 Å². The largest absolute Gasteiger partial charge is 0.358 e. The number of hydrogen-bond donors (Lipinski definition) is 0. The van der Waals surface area contributed by atoms with Gasteiger partial charge in [-0.25, -0.2) is 0 Å². The van der Waals surface area contributed by atoms with E-state index in [1.165, 1.54) is 23.9 Å². The van der Waals surface area contributed by atoms with E-state index in [9.17, 15) is 13.7 Å². The van der Waals surface area contributed by atoms with E-state index in [0.717, 1.165) is 15.4 Å². The van der Waals surface area contributed by atoms with Gasteiger partial charge in [-0.1, -0.05) is 28.9 Å². The number of benzene rings is 2. The molecule has 0 aliphatic carbocycles. The van der Waals surface area contributed by atoms with Crippen molar-refractivity contribution in [3.05, 3.63) is 53.6 Å². The second-order valence-electron chi connectivity index (χ2n) is 4.96. The van der Waals surface area contributed by atoms with Crippen LogP contribution in [-0.2, 0) is 14.4 Å². The van der Waals surface area contributed by atoms with Crippen molar-refractivity contribution in [2.24, 2.45) is 5.16 Å². The fourth-order valence-corrected chi connectivity index (χ4v) is 4.16. The summed E-state index contributed by atoms with van der Waals surface area (Å²) >= 11 is 3.13. The molecule has 0 aliphatic heterocycles. The summed E-state index contributed by atoms with van der Waals surface area (Å²) in [5.74, 6) is 0. The quantitative estimate of drug-likeness (QED) is 0.419. The average Bonchev–Trinajstić information content (AvgIpc) is 2.62. The first-order valence-electron chi connectivity index (χ1n) is 7.12. The van der Waals surface area contributed by atoms with Crippen LogP contribution in [0.5, 0.6) is 0 Å². The zero-order chi connectivity index (χ0) is 18.4. The Hall–Kier alpha value is -1.95. The summed E-state index contributed by atoms with van der Waals surface area (Å²) in [5, 5.41) is 12.9. The predicted molar refractivity (Wildman–Crippen MR) is 102 cm³/mol. The molecule has 0 N–H and O–H groups in total. The van der Waals surface area contributed by atoms with E-state index >= 15 is 0 Å². The maximum Gasteiger partial charge on any atom is 0.358 e. The van der Waals surface area contributed by atoms with Crippen LogP contribution in [0, 0.1) is 18.3 Å². The van der Waals surface area contributed by atoms with Gasteiger partial charge in [0.05, 0.1) is 0 Å². The van der Waals surface area contributed by atoms with Crippen molar-refractivity contribution in [2.75, 3.05) is 12.5 Å². The highest BCUT2D eigenvalue weighted by molar-refractivity contribution is 8.01. The maximum absolute atomic E-state index is 12.2. The Morgan fingerprint density at radius 2 is 1.72 bits per heavy atom. The van der Waals surface area contributed by atoms with Crippen LogP contribution in [-0.4, -0.2) is 26.6 Å². The van der Waals surface area contributed by atoms with E-state index in [1.807, 2.05) is 31.6 Å². The van der Waals surface area contributed by atoms with E-state index in [0.29, 0.717) is 5.56 Å². The zero-order valence-corrected chi connectivity index (χ0v) is 16.3. The molecular weight excluding hydrogens is 376 g/mol. The van der Waals surface area contributed by atoms with Gasteiger partial charge >= 0.3 is 10.1 Å². The molecule has 0 fully saturated rings. The van der Waals surface area contributed by atoms with Crippen LogP contribution < -0.4 is 0 Å². The Kier molecular flexibility index (Phi) is 6.53. The summed E-state index contributed by atoms with van der Waals surface area (Å²) in [7, 11) is -4.07. The van der Waals surface area contributed by atoms with Crippen molar-refractivity contribution in [1.29, 1.82) is 5.26 Å². The minimum atomic E-state index is -4.07. The molecule has 0 bridgehead atoms. The van der Waals surface area contributed by atoms with Crippen molar-refractivity contribution in [2.45, 2.75) is 21.6 Å². The van der Waals surface area contributed by atoms with Gasteiger partial charge in [0.15, 0.2) is 5.71 Å². The molecule has 2 aromatic carbocycles. The number of hydrogen-bond acceptors (Lipinski definition) is 7. The van der Waals surface area contributed by atoms with Gasteiger partial charge in [-0.05, 0) is 43.7 Å². The fraction of sp³-hybridized carbons (Fsp3) is 0.176. The first-order valence-corrected chi connectivity index (χ1v) is 11.0. The molecule has 2 aromatic rings. The first-order chi connectivity index (χ1) is 11.9. The van der Waals surface area contributed by atoms with Crippen LogP contribution >= 0.6 is 23.5 Å². The molecule has 0 amide bonds. The molecule has 130 valence electrons. The second-order valence-corrected chi connectivity index (χ2v) is 8.19. The van der Waals surface area contributed by atoms with Gasteiger partial charge in [0.2, 0.25) is 0 Å². The van der Waals surface area contributed by atoms with Crippen molar-refractivity contribution in [3.63, 3.8) is 0 Å². The number of thioether (sulfide) groups is 2. The summed E-state index contributed by atoms with van der Waals surface area (Å²) in [6, 6.07) is 13.5. The Morgan fingerprint density at radius 1 is 1.08 bits per heavy atom. The van der Waals surface area contributed by atoms with Gasteiger partial charge in [0.1, 0.15) is 11.0 Å². The molecule has 0 unspecified atom stereocenters. The van der Waals surface area contributed by atoms with E-state index in [4.69, 9.17) is 4.28 Å². The number of aryl methyl sites for hydroxylation is 1. The van der Waals surface area contributed by atoms with Gasteiger partial charge in [0, 0.05) is 15.4 Å². The third-order valence-corrected chi connectivity index (χ3v) is 6.12. The lowest BCUT2D eigenvalue weighted by Gasteiger charge is -2.07. The number of nitriles is 1. The van der Waals surface area contributed by atoms with Crippen LogP contribution in [0.15, 0.2) is 62.3 Å². The smallest absolute Gasteiger partial charge is 0.263 e. The lowest BCUT2D eigenvalue weighted by atomic mass is 10.1. The van der Waals surface area contributed by atoms with Gasteiger partial charge in [-0.2, -0.15) is 13.7 Å². The highest BCUT2D eigenvalue weighted by Gasteiger charge is 2.17. The fourth-order valence-electron chi connectivity index (χ4n) is 1.96. The third kappa shape index (κ3) is 4.78. The van der Waals surface area contributed by atoms with Crippen molar-refractivity contribution >= 4 is 39.4 Å². The third-order valence-electron chi connectivity index (χ3n) is 3.30. The van der Waals surface area contributed by atoms with Crippen LogP contribution in [0.4, 0.5) is 0 Å². The Bertz CT molecular complexity index is 931. The molecule has 0 radical (unpaired) electrons. The maximum atomic E-state index is 12.2. The molecule has 0 saturated heterocycles. The topological polar surface area (TPSA) is 79.5 Å². The highest BCUT2D eigenvalue weighted by Crippen LogP contribution is 2.29. The summed E-state index contributed by atoms with van der Waals surface area (Å²) in [5.41, 5.74) is 1.33. The molecule has 8 heteroatoms. The van der Waals surface area contributed by atoms with Crippen molar-refractivity contribution < 1.29 is 12.7 Å². The number of nitrogens with zero attached hydrogens (tertiary/aromatic N) is 2. The lowest BCUT2D eigenvalue weighted by molar-refractivity contribution is 0.339. The summed E-state index contributed by atoms with van der Waals surface area (Å²) in [6.45, 7) is 1.85. The molecule has 0 saturated carbocycles. The monoisotopic (exact) mass is 392 g/mol. The molecule has 0 heterocycles. The standard InChI is InChI=1S/C17H16N2O3S3/c1-12-4-7-14(8-5-12)25(20,21)22-19-15(11-18)13-6-9-16(23-2)17(10-13)24-3/h4-10H,1-3H3/b19-15-. The van der Waals surface area contributed by atoms with E-state index in [2.05, 4.69) is 5.16 Å². The molecule has 0 spiro atoms. The summed E-state index contributed by atoms with van der Waals surface area (Å²) in [4.78, 5) is 2.04. The predicted octanol–water partition coefficient (Wildman–Crippen LogP) is 4.07. The van der Waals surface area contributed by atoms with Crippen LogP contribution in [0.2, 0.25) is 0 Å². The van der Waals surface area contributed by atoms with Crippen LogP contribution in [0.3, 0.4) is 0 Å². The average molecular weight is 393 g/mol. The normalized spacial score (nSPS) is 11.8. The molecular formula is C17H16N2O3S3. The number of rotatable bonds is 6. The SMILES string of the molecule is CSc1ccc(/C(C#N)=N\OS(=O)(=O)c2ccc(C)cc2)cc1SC. The molecule has 2 rings (SSSR count). The summed E-state index contributed by atoms with van der Waals surface area (Å²) in [6.07, 6.45) is 3.89. The van der Waals surface area contributed by atoms with E-state index in [-0.39, 0.29) is 10.6 Å². The Balaban J connectivity index is 2.32. The van der Waals surface area contributed by atoms with Gasteiger partial charge in [-0.3, -0.25) is 4.28 Å².